The Hall–Kier alpha value is -3.40. The number of aliphatic hydroxyl groups excluding tert-OH is 1. The Labute approximate surface area is 278 Å². The lowest BCUT2D eigenvalue weighted by Gasteiger charge is -2.27. The first-order chi connectivity index (χ1) is 21.5. The van der Waals surface area contributed by atoms with Crippen molar-refractivity contribution in [1.82, 2.24) is 19.9 Å². The molecule has 2 aromatic carbocycles. The number of nitrogens with zero attached hydrogens (tertiary/aromatic N) is 5. The van der Waals surface area contributed by atoms with Crippen LogP contribution in [0.1, 0.15) is 30.7 Å². The Morgan fingerprint density at radius 3 is 2.20 bits per heavy atom. The summed E-state index contributed by atoms with van der Waals surface area (Å²) in [4.78, 5) is 17.4. The summed E-state index contributed by atoms with van der Waals surface area (Å²) >= 11 is 15.2. The molecule has 46 heavy (non-hydrogen) atoms. The van der Waals surface area contributed by atoms with E-state index in [2.05, 4.69) is 41.2 Å². The molecule has 4 aromatic rings. The number of hydrogen-bond acceptors (Lipinski definition) is 8. The number of halogens is 9. The van der Waals surface area contributed by atoms with Crippen molar-refractivity contribution in [2.24, 2.45) is 0 Å². The van der Waals surface area contributed by atoms with Crippen LogP contribution in [0, 0.1) is 0 Å². The second-order valence-electron chi connectivity index (χ2n) is 10.1. The average Bonchev–Trinajstić information content (AvgIpc) is 2.98. The number of ether oxygens (including phenoxy) is 1. The van der Waals surface area contributed by atoms with Gasteiger partial charge in [-0.2, -0.15) is 26.3 Å². The zero-order valence-electron chi connectivity index (χ0n) is 24.2. The van der Waals surface area contributed by atoms with Gasteiger partial charge in [0.2, 0.25) is 11.9 Å². The first-order valence-electron chi connectivity index (χ1n) is 13.2. The molecule has 17 heteroatoms. The number of rotatable bonds is 10. The molecular formula is C29H27BrCl2F6N6O2. The molecule has 0 unspecified atom stereocenters. The molecule has 4 rings (SSSR count). The molecular weight excluding hydrogens is 729 g/mol. The minimum atomic E-state index is -4.63. The summed E-state index contributed by atoms with van der Waals surface area (Å²) in [6.07, 6.45) is -4.94. The number of nitrogens with one attached hydrogen (secondary N) is 1. The van der Waals surface area contributed by atoms with Gasteiger partial charge in [-0.15, -0.1) is 0 Å². The van der Waals surface area contributed by atoms with Crippen LogP contribution in [-0.4, -0.2) is 50.3 Å². The van der Waals surface area contributed by atoms with E-state index < -0.39 is 29.1 Å². The molecule has 0 amide bonds. The van der Waals surface area contributed by atoms with Gasteiger partial charge in [0.25, 0.3) is 0 Å². The van der Waals surface area contributed by atoms with E-state index in [4.69, 9.17) is 27.9 Å². The Bertz CT molecular complexity index is 1580. The van der Waals surface area contributed by atoms with Gasteiger partial charge >= 0.3 is 12.4 Å². The van der Waals surface area contributed by atoms with Crippen LogP contribution in [0.25, 0.3) is 0 Å². The zero-order chi connectivity index (χ0) is 34.1. The van der Waals surface area contributed by atoms with Crippen LogP contribution in [-0.2, 0) is 18.9 Å². The van der Waals surface area contributed by atoms with E-state index in [1.807, 2.05) is 11.0 Å². The fourth-order valence-electron chi connectivity index (χ4n) is 3.70. The Morgan fingerprint density at radius 1 is 0.913 bits per heavy atom. The normalized spacial score (nSPS) is 11.8. The van der Waals surface area contributed by atoms with Gasteiger partial charge in [0, 0.05) is 31.7 Å². The van der Waals surface area contributed by atoms with E-state index in [9.17, 15) is 31.4 Å². The molecule has 0 aliphatic heterocycles. The summed E-state index contributed by atoms with van der Waals surface area (Å²) in [6.45, 7) is 3.79. The van der Waals surface area contributed by atoms with Crippen molar-refractivity contribution >= 4 is 51.0 Å². The summed E-state index contributed by atoms with van der Waals surface area (Å²) in [5, 5.41) is 12.8. The maximum Gasteiger partial charge on any atom is 0.433 e. The lowest BCUT2D eigenvalue weighted by molar-refractivity contribution is -0.141. The zero-order valence-corrected chi connectivity index (χ0v) is 27.3. The lowest BCUT2D eigenvalue weighted by atomic mass is 10.1. The largest absolute Gasteiger partial charge is 0.491 e. The molecule has 2 heterocycles. The first kappa shape index (κ1) is 37.1. The van der Waals surface area contributed by atoms with E-state index in [-0.39, 0.29) is 24.9 Å². The molecule has 0 spiro atoms. The van der Waals surface area contributed by atoms with Gasteiger partial charge in [-0.1, -0.05) is 41.4 Å². The minimum absolute atomic E-state index is 0.0146. The third kappa shape index (κ3) is 11.4. The van der Waals surface area contributed by atoms with Crippen LogP contribution in [0.2, 0.25) is 10.0 Å². The highest BCUT2D eigenvalue weighted by Gasteiger charge is 2.35. The number of anilines is 2. The second kappa shape index (κ2) is 15.9. The quantitative estimate of drug-likeness (QED) is 0.156. The van der Waals surface area contributed by atoms with Gasteiger partial charge in [-0.3, -0.25) is 0 Å². The van der Waals surface area contributed by atoms with Crippen molar-refractivity contribution in [1.29, 1.82) is 0 Å². The van der Waals surface area contributed by atoms with Gasteiger partial charge in [0.05, 0.1) is 32.2 Å². The Kier molecular flexibility index (Phi) is 12.8. The third-order valence-electron chi connectivity index (χ3n) is 5.79. The number of aliphatic hydroxyl groups is 1. The van der Waals surface area contributed by atoms with Crippen LogP contribution in [0.5, 0.6) is 5.75 Å². The molecule has 0 bridgehead atoms. The van der Waals surface area contributed by atoms with Gasteiger partial charge in [-0.05, 0) is 65.7 Å². The Balaban J connectivity index is 0.000000259. The highest BCUT2D eigenvalue weighted by Crippen LogP contribution is 2.36. The topological polar surface area (TPSA) is 96.3 Å². The third-order valence-corrected chi connectivity index (χ3v) is 6.94. The molecule has 0 fully saturated rings. The van der Waals surface area contributed by atoms with Crippen molar-refractivity contribution in [3.8, 4) is 5.75 Å². The van der Waals surface area contributed by atoms with Crippen LogP contribution in [0.4, 0.5) is 38.2 Å². The maximum absolute atomic E-state index is 12.9. The van der Waals surface area contributed by atoms with Gasteiger partial charge in [0.1, 0.15) is 18.1 Å². The standard InChI is InChI=1S/C16H15F6N3O.C13H12BrCl2N3O/c1-14(2,25-13-23-8-7-12(24-13)16(20,21)22)9-26-11-6-4-3-5-10(11)15(17,18)19;14-10-6-17-13(18-7-10)19(3-4-20)8-9-1-2-11(15)12(16)5-9/h3-8H,9H2,1-2H3,(H,23,24,25);1-2,5-7,20H,3-4,8H2. The molecule has 248 valence electrons. The van der Waals surface area contributed by atoms with Crippen LogP contribution >= 0.6 is 39.1 Å². The minimum Gasteiger partial charge on any atom is -0.491 e. The number of benzene rings is 2. The van der Waals surface area contributed by atoms with Gasteiger partial charge < -0.3 is 20.1 Å². The fourth-order valence-corrected chi connectivity index (χ4v) is 4.22. The smallest absolute Gasteiger partial charge is 0.433 e. The van der Waals surface area contributed by atoms with E-state index in [0.29, 0.717) is 35.1 Å². The molecule has 0 aliphatic rings. The van der Waals surface area contributed by atoms with Crippen LogP contribution in [0.15, 0.2) is 71.6 Å². The number of hydrogen-bond donors (Lipinski definition) is 2. The summed E-state index contributed by atoms with van der Waals surface area (Å²) < 4.78 is 82.9. The Morgan fingerprint density at radius 2 is 1.59 bits per heavy atom. The summed E-state index contributed by atoms with van der Waals surface area (Å²) in [6, 6.07) is 10.8. The van der Waals surface area contributed by atoms with Crippen LogP contribution < -0.4 is 15.0 Å². The average molecular weight is 756 g/mol. The number of aromatic nitrogens is 4. The monoisotopic (exact) mass is 754 g/mol. The molecule has 0 atom stereocenters. The highest BCUT2D eigenvalue weighted by atomic mass is 79.9. The molecule has 2 N–H and O–H groups in total. The van der Waals surface area contributed by atoms with Crippen molar-refractivity contribution < 1.29 is 36.2 Å². The predicted octanol–water partition coefficient (Wildman–Crippen LogP) is 8.33. The molecule has 2 aromatic heterocycles. The maximum atomic E-state index is 12.9. The van der Waals surface area contributed by atoms with E-state index >= 15 is 0 Å². The predicted molar refractivity (Wildman–Crippen MR) is 166 cm³/mol. The van der Waals surface area contributed by atoms with E-state index in [1.165, 1.54) is 32.0 Å². The van der Waals surface area contributed by atoms with Crippen molar-refractivity contribution in [2.45, 2.75) is 38.3 Å². The van der Waals surface area contributed by atoms with Crippen molar-refractivity contribution in [3.05, 3.63) is 98.5 Å². The summed E-state index contributed by atoms with van der Waals surface area (Å²) in [7, 11) is 0. The lowest BCUT2D eigenvalue weighted by Crippen LogP contribution is -2.38. The fraction of sp³-hybridized carbons (Fsp3) is 0.310. The molecule has 0 saturated heterocycles. The molecule has 0 saturated carbocycles. The van der Waals surface area contributed by atoms with Crippen molar-refractivity contribution in [3.63, 3.8) is 0 Å². The number of alkyl halides is 6. The second-order valence-corrected chi connectivity index (χ2v) is 11.9. The van der Waals surface area contributed by atoms with E-state index in [0.717, 1.165) is 22.3 Å². The van der Waals surface area contributed by atoms with Crippen molar-refractivity contribution in [2.75, 3.05) is 30.0 Å². The SMILES string of the molecule is CC(C)(COc1ccccc1C(F)(F)F)Nc1nccc(C(F)(F)F)n1.OCCN(Cc1ccc(Cl)c(Cl)c1)c1ncc(Br)cn1. The van der Waals surface area contributed by atoms with Gasteiger partial charge in [0.15, 0.2) is 0 Å². The number of para-hydroxylation sites is 1. The molecule has 0 radical (unpaired) electrons. The van der Waals surface area contributed by atoms with E-state index in [1.54, 1.807) is 24.5 Å². The highest BCUT2D eigenvalue weighted by molar-refractivity contribution is 9.10. The van der Waals surface area contributed by atoms with Gasteiger partial charge in [-0.25, -0.2) is 19.9 Å². The first-order valence-corrected chi connectivity index (χ1v) is 14.8. The summed E-state index contributed by atoms with van der Waals surface area (Å²) in [5.74, 6) is -0.134. The molecule has 0 aliphatic carbocycles. The summed E-state index contributed by atoms with van der Waals surface area (Å²) in [5.41, 5.74) is -2.14. The van der Waals surface area contributed by atoms with Crippen LogP contribution in [0.3, 0.4) is 0 Å². The molecule has 8 nitrogen and oxygen atoms in total.